The van der Waals surface area contributed by atoms with Crippen LogP contribution in [0.3, 0.4) is 0 Å². The molecular formula is C18H16BrNO2. The lowest BCUT2D eigenvalue weighted by Gasteiger charge is -2.05. The minimum atomic E-state index is 0.397. The highest BCUT2D eigenvalue weighted by Crippen LogP contribution is 2.23. The van der Waals surface area contributed by atoms with E-state index in [9.17, 15) is 0 Å². The highest BCUT2D eigenvalue weighted by atomic mass is 79.9. The first kappa shape index (κ1) is 14.9. The molecule has 1 aromatic heterocycles. The van der Waals surface area contributed by atoms with Crippen LogP contribution in [-0.4, -0.2) is 4.98 Å². The number of ether oxygens (including phenoxy) is 1. The molecule has 2 aromatic carbocycles. The van der Waals surface area contributed by atoms with Crippen LogP contribution in [0.1, 0.15) is 17.0 Å². The van der Waals surface area contributed by atoms with E-state index in [1.54, 1.807) is 0 Å². The van der Waals surface area contributed by atoms with Gasteiger partial charge in [-0.1, -0.05) is 46.3 Å². The van der Waals surface area contributed by atoms with E-state index < -0.39 is 0 Å². The molecule has 0 fully saturated rings. The van der Waals surface area contributed by atoms with Gasteiger partial charge in [0.15, 0.2) is 0 Å². The molecule has 0 bridgehead atoms. The van der Waals surface area contributed by atoms with E-state index in [4.69, 9.17) is 9.15 Å². The smallest absolute Gasteiger partial charge is 0.226 e. The van der Waals surface area contributed by atoms with Gasteiger partial charge in [-0.05, 0) is 36.8 Å². The minimum absolute atomic E-state index is 0.397. The maximum Gasteiger partial charge on any atom is 0.226 e. The van der Waals surface area contributed by atoms with Gasteiger partial charge in [-0.2, -0.15) is 0 Å². The zero-order valence-electron chi connectivity index (χ0n) is 12.3. The van der Waals surface area contributed by atoms with Crippen molar-refractivity contribution in [3.05, 3.63) is 71.6 Å². The summed E-state index contributed by atoms with van der Waals surface area (Å²) in [4.78, 5) is 4.54. The summed E-state index contributed by atoms with van der Waals surface area (Å²) in [5.74, 6) is 2.25. The Labute approximate surface area is 138 Å². The Kier molecular flexibility index (Phi) is 4.59. The average Bonchev–Trinajstić information content (AvgIpc) is 2.95. The van der Waals surface area contributed by atoms with Gasteiger partial charge in [0.2, 0.25) is 5.89 Å². The van der Waals surface area contributed by atoms with Crippen molar-refractivity contribution in [2.45, 2.75) is 18.9 Å². The molecule has 0 saturated carbocycles. The predicted octanol–water partition coefficient (Wildman–Crippen LogP) is 5.12. The van der Waals surface area contributed by atoms with Crippen LogP contribution in [0.25, 0.3) is 11.5 Å². The van der Waals surface area contributed by atoms with Crippen LogP contribution in [0.2, 0.25) is 0 Å². The first-order valence-corrected chi connectivity index (χ1v) is 8.18. The Balaban J connectivity index is 1.74. The van der Waals surface area contributed by atoms with Gasteiger partial charge in [-0.15, -0.1) is 0 Å². The molecule has 112 valence electrons. The number of alkyl halides is 1. The van der Waals surface area contributed by atoms with E-state index in [1.165, 1.54) is 5.56 Å². The van der Waals surface area contributed by atoms with Gasteiger partial charge in [-0.25, -0.2) is 4.98 Å². The molecule has 0 aliphatic heterocycles. The Morgan fingerprint density at radius 1 is 1.09 bits per heavy atom. The quantitative estimate of drug-likeness (QED) is 0.594. The minimum Gasteiger partial charge on any atom is -0.487 e. The number of nitrogens with zero attached hydrogens (tertiary/aromatic N) is 1. The molecule has 22 heavy (non-hydrogen) atoms. The van der Waals surface area contributed by atoms with Gasteiger partial charge in [0.1, 0.15) is 23.8 Å². The second-order valence-corrected chi connectivity index (χ2v) is 5.52. The van der Waals surface area contributed by atoms with Crippen LogP contribution >= 0.6 is 15.9 Å². The summed E-state index contributed by atoms with van der Waals surface area (Å²) in [5, 5.41) is 0.811. The van der Waals surface area contributed by atoms with E-state index in [0.29, 0.717) is 12.5 Å². The summed E-state index contributed by atoms with van der Waals surface area (Å²) >= 11 is 3.45. The molecule has 0 unspecified atom stereocenters. The third-order valence-electron chi connectivity index (χ3n) is 3.34. The second-order valence-electron chi connectivity index (χ2n) is 4.96. The highest BCUT2D eigenvalue weighted by molar-refractivity contribution is 9.08. The van der Waals surface area contributed by atoms with Crippen molar-refractivity contribution < 1.29 is 9.15 Å². The molecule has 0 N–H and O–H groups in total. The predicted molar refractivity (Wildman–Crippen MR) is 90.1 cm³/mol. The Hall–Kier alpha value is -2.07. The molecule has 3 nitrogen and oxygen atoms in total. The number of aromatic nitrogens is 1. The number of aryl methyl sites for hydroxylation is 1. The van der Waals surface area contributed by atoms with Gasteiger partial charge in [0.05, 0.1) is 0 Å². The standard InChI is InChI=1S/C18H16BrNO2/c1-13-17(12-21-16-9-5-6-14(10-16)11-19)20-18(22-13)15-7-3-2-4-8-15/h2-10H,11-12H2,1H3. The maximum atomic E-state index is 5.82. The van der Waals surface area contributed by atoms with Gasteiger partial charge >= 0.3 is 0 Å². The number of halogens is 1. The van der Waals surface area contributed by atoms with Crippen LogP contribution in [-0.2, 0) is 11.9 Å². The van der Waals surface area contributed by atoms with E-state index in [1.807, 2.05) is 55.5 Å². The maximum absolute atomic E-state index is 5.82. The zero-order chi connectivity index (χ0) is 15.4. The molecule has 0 aliphatic rings. The van der Waals surface area contributed by atoms with Crippen molar-refractivity contribution in [1.29, 1.82) is 0 Å². The fourth-order valence-corrected chi connectivity index (χ4v) is 2.49. The molecule has 0 amide bonds. The van der Waals surface area contributed by atoms with Crippen molar-refractivity contribution >= 4 is 15.9 Å². The largest absolute Gasteiger partial charge is 0.487 e. The fraction of sp³-hybridized carbons (Fsp3) is 0.167. The number of benzene rings is 2. The lowest BCUT2D eigenvalue weighted by atomic mass is 10.2. The highest BCUT2D eigenvalue weighted by Gasteiger charge is 2.11. The van der Waals surface area contributed by atoms with Crippen LogP contribution in [0.5, 0.6) is 5.75 Å². The third-order valence-corrected chi connectivity index (χ3v) is 3.99. The molecule has 0 aliphatic carbocycles. The van der Waals surface area contributed by atoms with Crippen molar-refractivity contribution in [2.24, 2.45) is 0 Å². The lowest BCUT2D eigenvalue weighted by Crippen LogP contribution is -1.98. The summed E-state index contributed by atoms with van der Waals surface area (Å²) in [7, 11) is 0. The monoisotopic (exact) mass is 357 g/mol. The van der Waals surface area contributed by atoms with Crippen LogP contribution in [0.15, 0.2) is 59.0 Å². The van der Waals surface area contributed by atoms with Gasteiger partial charge in [0, 0.05) is 10.9 Å². The van der Waals surface area contributed by atoms with Crippen molar-refractivity contribution in [2.75, 3.05) is 0 Å². The molecule has 0 saturated heterocycles. The van der Waals surface area contributed by atoms with E-state index in [0.717, 1.165) is 28.1 Å². The third kappa shape index (κ3) is 3.39. The molecule has 0 spiro atoms. The van der Waals surface area contributed by atoms with Gasteiger partial charge in [0.25, 0.3) is 0 Å². The normalized spacial score (nSPS) is 10.6. The van der Waals surface area contributed by atoms with Crippen molar-refractivity contribution in [3.63, 3.8) is 0 Å². The summed E-state index contributed by atoms with van der Waals surface area (Å²) < 4.78 is 11.6. The fourth-order valence-electron chi connectivity index (χ4n) is 2.14. The summed E-state index contributed by atoms with van der Waals surface area (Å²) in [6.07, 6.45) is 0. The average molecular weight is 358 g/mol. The molecular weight excluding hydrogens is 342 g/mol. The second kappa shape index (κ2) is 6.79. The van der Waals surface area contributed by atoms with Gasteiger partial charge in [-0.3, -0.25) is 0 Å². The molecule has 4 heteroatoms. The van der Waals surface area contributed by atoms with E-state index in [2.05, 4.69) is 27.0 Å². The molecule has 3 aromatic rings. The van der Waals surface area contributed by atoms with Crippen LogP contribution in [0.4, 0.5) is 0 Å². The van der Waals surface area contributed by atoms with Crippen molar-refractivity contribution in [1.82, 2.24) is 4.98 Å². The first-order valence-electron chi connectivity index (χ1n) is 7.05. The summed E-state index contributed by atoms with van der Waals surface area (Å²) in [5.41, 5.74) is 2.97. The van der Waals surface area contributed by atoms with Crippen LogP contribution < -0.4 is 4.74 Å². The Bertz CT molecular complexity index is 753. The number of oxazole rings is 1. The Morgan fingerprint density at radius 3 is 2.68 bits per heavy atom. The zero-order valence-corrected chi connectivity index (χ0v) is 13.8. The number of hydrogen-bond acceptors (Lipinski definition) is 3. The molecule has 3 rings (SSSR count). The van der Waals surface area contributed by atoms with Gasteiger partial charge < -0.3 is 9.15 Å². The molecule has 0 radical (unpaired) electrons. The van der Waals surface area contributed by atoms with Crippen LogP contribution in [0, 0.1) is 6.92 Å². The lowest BCUT2D eigenvalue weighted by molar-refractivity contribution is 0.299. The number of rotatable bonds is 5. The topological polar surface area (TPSA) is 35.3 Å². The molecule has 0 atom stereocenters. The number of hydrogen-bond donors (Lipinski definition) is 0. The summed E-state index contributed by atoms with van der Waals surface area (Å²) in [6, 6.07) is 17.9. The first-order chi connectivity index (χ1) is 10.8. The summed E-state index contributed by atoms with van der Waals surface area (Å²) in [6.45, 7) is 2.31. The SMILES string of the molecule is Cc1oc(-c2ccccc2)nc1COc1cccc(CBr)c1. The van der Waals surface area contributed by atoms with Crippen molar-refractivity contribution in [3.8, 4) is 17.2 Å². The van der Waals surface area contributed by atoms with E-state index >= 15 is 0 Å². The molecule has 1 heterocycles. The van der Waals surface area contributed by atoms with E-state index in [-0.39, 0.29) is 0 Å². The Morgan fingerprint density at radius 2 is 1.91 bits per heavy atom.